The van der Waals surface area contributed by atoms with Crippen LogP contribution in [0.4, 0.5) is 5.82 Å². The second kappa shape index (κ2) is 5.25. The van der Waals surface area contributed by atoms with Gasteiger partial charge < -0.3 is 5.73 Å². The van der Waals surface area contributed by atoms with E-state index in [0.29, 0.717) is 6.04 Å². The summed E-state index contributed by atoms with van der Waals surface area (Å²) in [5.74, 6) is 0.763. The summed E-state index contributed by atoms with van der Waals surface area (Å²) >= 11 is 0. The van der Waals surface area contributed by atoms with Gasteiger partial charge in [-0.1, -0.05) is 6.92 Å². The first-order valence-corrected chi connectivity index (χ1v) is 7.21. The van der Waals surface area contributed by atoms with E-state index in [9.17, 15) is 0 Å². The number of hydrogen-bond acceptors (Lipinski definition) is 4. The maximum absolute atomic E-state index is 6.31. The first-order chi connectivity index (χ1) is 9.70. The fraction of sp³-hybridized carbons (Fsp3) is 0.467. The number of nitrogens with two attached hydrogens (primary N) is 1. The predicted octanol–water partition coefficient (Wildman–Crippen LogP) is 2.01. The van der Waals surface area contributed by atoms with Gasteiger partial charge in [-0.25, -0.2) is 4.68 Å². The molecule has 0 saturated carbocycles. The second-order valence-corrected chi connectivity index (χ2v) is 5.41. The molecule has 0 spiro atoms. The Kier molecular flexibility index (Phi) is 3.44. The SMILES string of the molecule is CCC(C)N1CCc2nn(-c3ccncc3)c(N)c2C1. The maximum atomic E-state index is 6.31. The Morgan fingerprint density at radius 1 is 1.35 bits per heavy atom. The normalized spacial score (nSPS) is 16.9. The van der Waals surface area contributed by atoms with E-state index in [0.717, 1.165) is 43.1 Å². The molecule has 0 amide bonds. The molecule has 2 aromatic heterocycles. The number of nitrogens with zero attached hydrogens (tertiary/aromatic N) is 4. The van der Waals surface area contributed by atoms with Crippen molar-refractivity contribution in [2.45, 2.75) is 39.3 Å². The average Bonchev–Trinajstić information content (AvgIpc) is 2.84. The lowest BCUT2D eigenvalue weighted by atomic mass is 10.0. The lowest BCUT2D eigenvalue weighted by Crippen LogP contribution is -2.37. The van der Waals surface area contributed by atoms with E-state index in [1.807, 2.05) is 16.8 Å². The third-order valence-corrected chi connectivity index (χ3v) is 4.22. The monoisotopic (exact) mass is 271 g/mol. The number of anilines is 1. The summed E-state index contributed by atoms with van der Waals surface area (Å²) in [5, 5.41) is 4.68. The lowest BCUT2D eigenvalue weighted by Gasteiger charge is -2.31. The van der Waals surface area contributed by atoms with Gasteiger partial charge in [0.05, 0.1) is 11.4 Å². The molecule has 0 aromatic carbocycles. The van der Waals surface area contributed by atoms with Gasteiger partial charge in [-0.05, 0) is 25.5 Å². The number of fused-ring (bicyclic) bond motifs is 1. The fourth-order valence-electron chi connectivity index (χ4n) is 2.73. The minimum absolute atomic E-state index is 0.590. The van der Waals surface area contributed by atoms with Gasteiger partial charge in [-0.3, -0.25) is 9.88 Å². The summed E-state index contributed by atoms with van der Waals surface area (Å²) in [4.78, 5) is 6.52. The molecule has 0 aliphatic carbocycles. The summed E-state index contributed by atoms with van der Waals surface area (Å²) in [6.07, 6.45) is 5.66. The molecule has 0 bridgehead atoms. The van der Waals surface area contributed by atoms with E-state index in [4.69, 9.17) is 5.73 Å². The van der Waals surface area contributed by atoms with Crippen molar-refractivity contribution in [2.75, 3.05) is 12.3 Å². The Bertz CT molecular complexity index is 590. The molecule has 1 unspecified atom stereocenters. The lowest BCUT2D eigenvalue weighted by molar-refractivity contribution is 0.186. The smallest absolute Gasteiger partial charge is 0.132 e. The average molecular weight is 271 g/mol. The van der Waals surface area contributed by atoms with Crippen LogP contribution >= 0.6 is 0 Å². The van der Waals surface area contributed by atoms with Gasteiger partial charge in [-0.2, -0.15) is 5.10 Å². The second-order valence-electron chi connectivity index (χ2n) is 5.41. The molecule has 1 aliphatic heterocycles. The highest BCUT2D eigenvalue weighted by Crippen LogP contribution is 2.27. The van der Waals surface area contributed by atoms with E-state index in [1.165, 1.54) is 5.56 Å². The summed E-state index contributed by atoms with van der Waals surface area (Å²) in [7, 11) is 0. The van der Waals surface area contributed by atoms with Crippen molar-refractivity contribution >= 4 is 5.82 Å². The molecule has 5 heteroatoms. The molecule has 1 atom stereocenters. The zero-order valence-electron chi connectivity index (χ0n) is 12.1. The first kappa shape index (κ1) is 13.1. The minimum Gasteiger partial charge on any atom is -0.383 e. The molecule has 20 heavy (non-hydrogen) atoms. The molecule has 106 valence electrons. The summed E-state index contributed by atoms with van der Waals surface area (Å²) in [6, 6.07) is 4.45. The van der Waals surface area contributed by atoms with Gasteiger partial charge in [0.25, 0.3) is 0 Å². The predicted molar refractivity (Wildman–Crippen MR) is 79.6 cm³/mol. The molecule has 1 aliphatic rings. The van der Waals surface area contributed by atoms with Gasteiger partial charge in [0, 0.05) is 43.5 Å². The number of aromatic nitrogens is 3. The van der Waals surface area contributed by atoms with E-state index in [-0.39, 0.29) is 0 Å². The molecule has 0 radical (unpaired) electrons. The summed E-state index contributed by atoms with van der Waals surface area (Å²) in [6.45, 7) is 6.47. The van der Waals surface area contributed by atoms with Crippen LogP contribution in [-0.4, -0.2) is 32.3 Å². The largest absolute Gasteiger partial charge is 0.383 e. The highest BCUT2D eigenvalue weighted by molar-refractivity contribution is 5.50. The molecular weight excluding hydrogens is 250 g/mol. The van der Waals surface area contributed by atoms with Crippen molar-refractivity contribution in [1.82, 2.24) is 19.7 Å². The standard InChI is InChI=1S/C15H21N5/c1-3-11(2)19-9-6-14-13(10-19)15(16)20(18-14)12-4-7-17-8-5-12/h4-5,7-8,11H,3,6,9-10,16H2,1-2H3. The Hall–Kier alpha value is -1.88. The van der Waals surface area contributed by atoms with Crippen LogP contribution in [0.2, 0.25) is 0 Å². The van der Waals surface area contributed by atoms with Crippen molar-refractivity contribution in [2.24, 2.45) is 0 Å². The number of pyridine rings is 1. The van der Waals surface area contributed by atoms with Crippen LogP contribution in [0.5, 0.6) is 0 Å². The van der Waals surface area contributed by atoms with E-state index in [2.05, 4.69) is 28.8 Å². The minimum atomic E-state index is 0.590. The third-order valence-electron chi connectivity index (χ3n) is 4.22. The maximum Gasteiger partial charge on any atom is 0.132 e. The van der Waals surface area contributed by atoms with Crippen LogP contribution < -0.4 is 5.73 Å². The van der Waals surface area contributed by atoms with Crippen molar-refractivity contribution in [3.63, 3.8) is 0 Å². The van der Waals surface area contributed by atoms with Crippen molar-refractivity contribution in [1.29, 1.82) is 0 Å². The third kappa shape index (κ3) is 2.18. The quantitative estimate of drug-likeness (QED) is 0.927. The van der Waals surface area contributed by atoms with Crippen LogP contribution in [0, 0.1) is 0 Å². The Morgan fingerprint density at radius 2 is 2.10 bits per heavy atom. The topological polar surface area (TPSA) is 60.0 Å². The molecular formula is C15H21N5. The zero-order chi connectivity index (χ0) is 14.1. The van der Waals surface area contributed by atoms with Crippen LogP contribution in [0.25, 0.3) is 5.69 Å². The molecule has 3 rings (SSSR count). The Morgan fingerprint density at radius 3 is 2.80 bits per heavy atom. The zero-order valence-corrected chi connectivity index (χ0v) is 12.1. The van der Waals surface area contributed by atoms with Gasteiger partial charge in [0.15, 0.2) is 0 Å². The molecule has 0 saturated heterocycles. The summed E-state index contributed by atoms with van der Waals surface area (Å²) < 4.78 is 1.84. The van der Waals surface area contributed by atoms with Crippen LogP contribution in [0.3, 0.4) is 0 Å². The van der Waals surface area contributed by atoms with Crippen molar-refractivity contribution in [3.05, 3.63) is 35.8 Å². The van der Waals surface area contributed by atoms with Crippen LogP contribution in [0.1, 0.15) is 31.5 Å². The van der Waals surface area contributed by atoms with Crippen LogP contribution in [0.15, 0.2) is 24.5 Å². The first-order valence-electron chi connectivity index (χ1n) is 7.21. The summed E-state index contributed by atoms with van der Waals surface area (Å²) in [5.41, 5.74) is 9.61. The molecule has 0 fully saturated rings. The molecule has 2 aromatic rings. The molecule has 3 heterocycles. The number of nitrogen functional groups attached to an aromatic ring is 1. The Labute approximate surface area is 119 Å². The van der Waals surface area contributed by atoms with E-state index in [1.54, 1.807) is 12.4 Å². The van der Waals surface area contributed by atoms with Crippen LogP contribution in [-0.2, 0) is 13.0 Å². The van der Waals surface area contributed by atoms with E-state index >= 15 is 0 Å². The number of hydrogen-bond donors (Lipinski definition) is 1. The van der Waals surface area contributed by atoms with E-state index < -0.39 is 0 Å². The fourth-order valence-corrected chi connectivity index (χ4v) is 2.73. The number of rotatable bonds is 3. The van der Waals surface area contributed by atoms with Crippen molar-refractivity contribution < 1.29 is 0 Å². The van der Waals surface area contributed by atoms with Crippen molar-refractivity contribution in [3.8, 4) is 5.69 Å². The molecule has 5 nitrogen and oxygen atoms in total. The van der Waals surface area contributed by atoms with Gasteiger partial charge in [0.1, 0.15) is 5.82 Å². The highest BCUT2D eigenvalue weighted by Gasteiger charge is 2.25. The molecule has 2 N–H and O–H groups in total. The van der Waals surface area contributed by atoms with Gasteiger partial charge in [-0.15, -0.1) is 0 Å². The highest BCUT2D eigenvalue weighted by atomic mass is 15.3. The Balaban J connectivity index is 1.94. The van der Waals surface area contributed by atoms with Gasteiger partial charge in [0.2, 0.25) is 0 Å². The van der Waals surface area contributed by atoms with Gasteiger partial charge >= 0.3 is 0 Å².